The van der Waals surface area contributed by atoms with E-state index in [0.29, 0.717) is 24.7 Å². The number of hydrogen-bond acceptors (Lipinski definition) is 7. The highest BCUT2D eigenvalue weighted by molar-refractivity contribution is 6.03. The van der Waals surface area contributed by atoms with Crippen LogP contribution in [0.15, 0.2) is 18.2 Å². The smallest absolute Gasteiger partial charge is 0.320 e. The SMILES string of the molecule is CCCCOc1nc(N)c2c(n1)N(Cc1ccc3c(c1)CN(CC1CC1)CC3)CC(=O)N2. The topological polar surface area (TPSA) is 96.6 Å². The van der Waals surface area contributed by atoms with Gasteiger partial charge in [-0.1, -0.05) is 31.5 Å². The Morgan fingerprint density at radius 1 is 1.22 bits per heavy atom. The van der Waals surface area contributed by atoms with Crippen molar-refractivity contribution in [2.24, 2.45) is 5.92 Å². The fourth-order valence-electron chi connectivity index (χ4n) is 4.53. The van der Waals surface area contributed by atoms with Crippen molar-refractivity contribution >= 4 is 23.2 Å². The molecule has 1 aliphatic carbocycles. The molecule has 0 atom stereocenters. The van der Waals surface area contributed by atoms with Gasteiger partial charge in [0.2, 0.25) is 5.91 Å². The fraction of sp³-hybridized carbons (Fsp3) is 0.542. The van der Waals surface area contributed by atoms with E-state index in [2.05, 4.69) is 45.3 Å². The number of nitrogens with zero attached hydrogens (tertiary/aromatic N) is 4. The Bertz CT molecular complexity index is 1010. The monoisotopic (exact) mass is 436 g/mol. The van der Waals surface area contributed by atoms with Crippen LogP contribution in [-0.2, 0) is 24.3 Å². The van der Waals surface area contributed by atoms with Crippen molar-refractivity contribution in [1.29, 1.82) is 0 Å². The van der Waals surface area contributed by atoms with Crippen LogP contribution in [0.25, 0.3) is 0 Å². The second-order valence-electron chi connectivity index (χ2n) is 9.23. The summed E-state index contributed by atoms with van der Waals surface area (Å²) in [6.45, 7) is 6.85. The van der Waals surface area contributed by atoms with Crippen molar-refractivity contribution in [2.45, 2.75) is 52.1 Å². The lowest BCUT2D eigenvalue weighted by atomic mass is 9.97. The van der Waals surface area contributed by atoms with Gasteiger partial charge in [0.1, 0.15) is 5.69 Å². The molecule has 2 aromatic rings. The van der Waals surface area contributed by atoms with Gasteiger partial charge in [0.05, 0.1) is 13.2 Å². The minimum Gasteiger partial charge on any atom is -0.463 e. The van der Waals surface area contributed by atoms with E-state index in [1.165, 1.54) is 36.1 Å². The molecule has 1 aromatic carbocycles. The number of rotatable bonds is 8. The average molecular weight is 437 g/mol. The molecule has 3 heterocycles. The molecule has 0 radical (unpaired) electrons. The van der Waals surface area contributed by atoms with Gasteiger partial charge in [0.15, 0.2) is 11.6 Å². The number of amides is 1. The average Bonchev–Trinajstić information content (AvgIpc) is 3.58. The Hall–Kier alpha value is -2.87. The number of carbonyl (C=O) groups excluding carboxylic acids is 1. The summed E-state index contributed by atoms with van der Waals surface area (Å²) in [5.41, 5.74) is 10.6. The minimum atomic E-state index is -0.110. The molecule has 8 nitrogen and oxygen atoms in total. The molecule has 0 unspecified atom stereocenters. The van der Waals surface area contributed by atoms with Crippen LogP contribution in [0, 0.1) is 5.92 Å². The van der Waals surface area contributed by atoms with Gasteiger partial charge < -0.3 is 20.7 Å². The van der Waals surface area contributed by atoms with Crippen LogP contribution < -0.4 is 20.7 Å². The number of nitrogens with one attached hydrogen (secondary N) is 1. The molecule has 1 amide bonds. The summed E-state index contributed by atoms with van der Waals surface area (Å²) >= 11 is 0. The standard InChI is InChI=1S/C24H32N6O2/c1-2-3-10-32-24-27-22(25)21-23(28-24)30(15-20(31)26-21)13-17-6-7-18-8-9-29(12-16-4-5-16)14-19(18)11-17/h6-7,11,16H,2-5,8-10,12-15H2,1H3,(H,26,31)(H2,25,27,28). The number of fused-ring (bicyclic) bond motifs is 2. The Morgan fingerprint density at radius 2 is 2.09 bits per heavy atom. The normalized spacial score (nSPS) is 18.2. The van der Waals surface area contributed by atoms with E-state index in [4.69, 9.17) is 10.5 Å². The first-order valence-corrected chi connectivity index (χ1v) is 11.8. The van der Waals surface area contributed by atoms with Crippen molar-refractivity contribution in [2.75, 3.05) is 42.2 Å². The van der Waals surface area contributed by atoms with Gasteiger partial charge in [-0.25, -0.2) is 0 Å². The predicted molar refractivity (Wildman–Crippen MR) is 125 cm³/mol. The first kappa shape index (κ1) is 21.0. The van der Waals surface area contributed by atoms with E-state index in [0.717, 1.165) is 38.3 Å². The quantitative estimate of drug-likeness (QED) is 0.614. The number of carbonyl (C=O) groups is 1. The van der Waals surface area contributed by atoms with Gasteiger partial charge in [0, 0.05) is 26.2 Å². The molecule has 1 fully saturated rings. The Labute approximate surface area is 189 Å². The summed E-state index contributed by atoms with van der Waals surface area (Å²) in [5.74, 6) is 1.65. The van der Waals surface area contributed by atoms with Crippen LogP contribution in [0.1, 0.15) is 49.3 Å². The molecule has 32 heavy (non-hydrogen) atoms. The molecule has 5 rings (SSSR count). The molecule has 3 aliphatic rings. The first-order chi connectivity index (χ1) is 15.6. The Balaban J connectivity index is 1.36. The summed E-state index contributed by atoms with van der Waals surface area (Å²) in [6, 6.07) is 6.98. The van der Waals surface area contributed by atoms with Crippen LogP contribution >= 0.6 is 0 Å². The summed E-state index contributed by atoms with van der Waals surface area (Å²) in [7, 11) is 0. The van der Waals surface area contributed by atoms with E-state index in [9.17, 15) is 4.79 Å². The maximum atomic E-state index is 12.4. The number of ether oxygens (including phenoxy) is 1. The van der Waals surface area contributed by atoms with Crippen molar-refractivity contribution in [3.8, 4) is 6.01 Å². The van der Waals surface area contributed by atoms with Crippen LogP contribution in [0.3, 0.4) is 0 Å². The number of nitrogen functional groups attached to an aromatic ring is 1. The van der Waals surface area contributed by atoms with Gasteiger partial charge in [0.25, 0.3) is 0 Å². The molecular formula is C24H32N6O2. The van der Waals surface area contributed by atoms with Gasteiger partial charge in [-0.3, -0.25) is 9.69 Å². The number of nitrogens with two attached hydrogens (primary N) is 1. The highest BCUT2D eigenvalue weighted by Gasteiger charge is 2.29. The number of hydrogen-bond donors (Lipinski definition) is 2. The number of benzene rings is 1. The highest BCUT2D eigenvalue weighted by Crippen LogP contribution is 2.35. The van der Waals surface area contributed by atoms with Crippen molar-refractivity contribution in [3.63, 3.8) is 0 Å². The first-order valence-electron chi connectivity index (χ1n) is 11.8. The van der Waals surface area contributed by atoms with Crippen LogP contribution in [-0.4, -0.2) is 47.0 Å². The molecule has 0 bridgehead atoms. The third kappa shape index (κ3) is 4.65. The maximum absolute atomic E-state index is 12.4. The molecule has 170 valence electrons. The van der Waals surface area contributed by atoms with Gasteiger partial charge >= 0.3 is 6.01 Å². The predicted octanol–water partition coefficient (Wildman–Crippen LogP) is 2.96. The minimum absolute atomic E-state index is 0.110. The highest BCUT2D eigenvalue weighted by atomic mass is 16.5. The number of anilines is 3. The molecule has 0 spiro atoms. The maximum Gasteiger partial charge on any atom is 0.320 e. The Kier molecular flexibility index (Phi) is 5.87. The van der Waals surface area contributed by atoms with Gasteiger partial charge in [-0.05, 0) is 48.3 Å². The van der Waals surface area contributed by atoms with Crippen LogP contribution in [0.5, 0.6) is 6.01 Å². The third-order valence-electron chi connectivity index (χ3n) is 6.47. The fourth-order valence-corrected chi connectivity index (χ4v) is 4.53. The second-order valence-corrected chi connectivity index (χ2v) is 9.23. The van der Waals surface area contributed by atoms with Crippen molar-refractivity contribution in [1.82, 2.24) is 14.9 Å². The molecule has 2 aliphatic heterocycles. The lowest BCUT2D eigenvalue weighted by Crippen LogP contribution is -2.39. The van der Waals surface area contributed by atoms with E-state index in [1.807, 2.05) is 4.90 Å². The number of unbranched alkanes of at least 4 members (excludes halogenated alkanes) is 1. The summed E-state index contributed by atoms with van der Waals surface area (Å²) in [4.78, 5) is 25.7. The molecule has 8 heteroatoms. The zero-order valence-corrected chi connectivity index (χ0v) is 18.8. The van der Waals surface area contributed by atoms with E-state index in [1.54, 1.807) is 0 Å². The molecule has 1 saturated carbocycles. The third-order valence-corrected chi connectivity index (χ3v) is 6.47. The van der Waals surface area contributed by atoms with E-state index in [-0.39, 0.29) is 24.3 Å². The lowest BCUT2D eigenvalue weighted by Gasteiger charge is -2.32. The molecule has 0 saturated heterocycles. The largest absolute Gasteiger partial charge is 0.463 e. The van der Waals surface area contributed by atoms with Crippen molar-refractivity contribution in [3.05, 3.63) is 34.9 Å². The summed E-state index contributed by atoms with van der Waals surface area (Å²) in [6.07, 6.45) is 5.83. The number of aromatic nitrogens is 2. The summed E-state index contributed by atoms with van der Waals surface area (Å²) < 4.78 is 5.69. The Morgan fingerprint density at radius 3 is 2.91 bits per heavy atom. The molecule has 3 N–H and O–H groups in total. The van der Waals surface area contributed by atoms with Crippen LogP contribution in [0.4, 0.5) is 17.3 Å². The zero-order valence-electron chi connectivity index (χ0n) is 18.8. The van der Waals surface area contributed by atoms with Gasteiger partial charge in [-0.15, -0.1) is 0 Å². The second kappa shape index (κ2) is 8.94. The zero-order chi connectivity index (χ0) is 22.1. The lowest BCUT2D eigenvalue weighted by molar-refractivity contribution is -0.115. The van der Waals surface area contributed by atoms with Gasteiger partial charge in [-0.2, -0.15) is 9.97 Å². The van der Waals surface area contributed by atoms with Crippen LogP contribution in [0.2, 0.25) is 0 Å². The van der Waals surface area contributed by atoms with Crippen molar-refractivity contribution < 1.29 is 9.53 Å². The summed E-state index contributed by atoms with van der Waals surface area (Å²) in [5, 5.41) is 2.83. The molecular weight excluding hydrogens is 404 g/mol. The van der Waals surface area contributed by atoms with E-state index >= 15 is 0 Å². The van der Waals surface area contributed by atoms with E-state index < -0.39 is 0 Å². The molecule has 1 aromatic heterocycles.